The highest BCUT2D eigenvalue weighted by Crippen LogP contribution is 2.09. The van der Waals surface area contributed by atoms with Crippen molar-refractivity contribution in [1.82, 2.24) is 5.43 Å². The van der Waals surface area contributed by atoms with Crippen LogP contribution >= 0.6 is 15.9 Å². The van der Waals surface area contributed by atoms with Gasteiger partial charge in [0.15, 0.2) is 0 Å². The van der Waals surface area contributed by atoms with E-state index in [-0.39, 0.29) is 5.91 Å². The molecule has 2 rings (SSSR count). The molecule has 1 aromatic carbocycles. The van der Waals surface area contributed by atoms with Gasteiger partial charge in [-0.05, 0) is 17.7 Å². The molecule has 3 N–H and O–H groups in total. The molecule has 0 atom stereocenters. The van der Waals surface area contributed by atoms with Gasteiger partial charge in [-0.1, -0.05) is 28.1 Å². The summed E-state index contributed by atoms with van der Waals surface area (Å²) >= 11 is 3.40. The van der Waals surface area contributed by atoms with Gasteiger partial charge in [0.2, 0.25) is 5.91 Å². The molecular formula is C15H23BrN4O+2. The van der Waals surface area contributed by atoms with Crippen LogP contribution in [0.1, 0.15) is 12.0 Å². The first-order valence-corrected chi connectivity index (χ1v) is 8.15. The number of hydrogen-bond acceptors (Lipinski definition) is 2. The van der Waals surface area contributed by atoms with Gasteiger partial charge >= 0.3 is 0 Å². The maximum Gasteiger partial charge on any atom is 0.245 e. The van der Waals surface area contributed by atoms with E-state index >= 15 is 0 Å². The van der Waals surface area contributed by atoms with Crippen molar-refractivity contribution in [2.75, 3.05) is 39.8 Å². The van der Waals surface area contributed by atoms with E-state index in [1.807, 2.05) is 24.3 Å². The van der Waals surface area contributed by atoms with Crippen LogP contribution in [0, 0.1) is 0 Å². The first kappa shape index (κ1) is 16.1. The average Bonchev–Trinajstić information content (AvgIpc) is 2.47. The number of halogens is 1. The Morgan fingerprint density at radius 3 is 2.86 bits per heavy atom. The Kier molecular flexibility index (Phi) is 6.35. The van der Waals surface area contributed by atoms with Crippen LogP contribution in [-0.4, -0.2) is 51.9 Å². The van der Waals surface area contributed by atoms with E-state index in [4.69, 9.17) is 0 Å². The molecule has 1 aliphatic heterocycles. The molecule has 1 aliphatic rings. The Labute approximate surface area is 134 Å². The van der Waals surface area contributed by atoms with Crippen LogP contribution in [0.2, 0.25) is 0 Å². The SMILES string of the molecule is C[NH+]1CC[NH+](CCC(=O)N/N=C\c2cccc(Br)c2)CC1. The summed E-state index contributed by atoms with van der Waals surface area (Å²) in [6.45, 7) is 5.59. The molecule has 0 aromatic heterocycles. The van der Waals surface area contributed by atoms with Crippen LogP contribution in [0.15, 0.2) is 33.8 Å². The van der Waals surface area contributed by atoms with Crippen molar-refractivity contribution < 1.29 is 14.6 Å². The highest BCUT2D eigenvalue weighted by Gasteiger charge is 2.20. The molecule has 1 amide bonds. The summed E-state index contributed by atoms with van der Waals surface area (Å²) in [6.07, 6.45) is 2.19. The van der Waals surface area contributed by atoms with Crippen LogP contribution in [0.3, 0.4) is 0 Å². The number of benzene rings is 1. The molecule has 0 aliphatic carbocycles. The molecular weight excluding hydrogens is 332 g/mol. The van der Waals surface area contributed by atoms with Crippen molar-refractivity contribution in [2.45, 2.75) is 6.42 Å². The Morgan fingerprint density at radius 2 is 2.14 bits per heavy atom. The molecule has 0 unspecified atom stereocenters. The summed E-state index contributed by atoms with van der Waals surface area (Å²) in [6, 6.07) is 7.78. The maximum absolute atomic E-state index is 11.8. The number of nitrogens with one attached hydrogen (secondary N) is 3. The molecule has 6 heteroatoms. The lowest BCUT2D eigenvalue weighted by molar-refractivity contribution is -1.00. The monoisotopic (exact) mass is 354 g/mol. The fraction of sp³-hybridized carbons (Fsp3) is 0.467. The van der Waals surface area contributed by atoms with Crippen LogP contribution in [0.5, 0.6) is 0 Å². The summed E-state index contributed by atoms with van der Waals surface area (Å²) < 4.78 is 0.999. The minimum Gasteiger partial charge on any atom is -0.328 e. The summed E-state index contributed by atoms with van der Waals surface area (Å²) in [5, 5.41) is 4.00. The number of quaternary nitrogens is 2. The zero-order valence-electron chi connectivity index (χ0n) is 12.4. The zero-order chi connectivity index (χ0) is 15.1. The summed E-state index contributed by atoms with van der Waals surface area (Å²) in [5.74, 6) is -0.0139. The van der Waals surface area contributed by atoms with Gasteiger partial charge in [-0.25, -0.2) is 5.43 Å². The number of amides is 1. The molecule has 1 saturated heterocycles. The minimum absolute atomic E-state index is 0.0139. The first-order chi connectivity index (χ1) is 10.1. The highest BCUT2D eigenvalue weighted by molar-refractivity contribution is 9.10. The third kappa shape index (κ3) is 5.95. The second-order valence-corrected chi connectivity index (χ2v) is 6.47. The van der Waals surface area contributed by atoms with Gasteiger partial charge in [-0.3, -0.25) is 4.79 Å². The van der Waals surface area contributed by atoms with E-state index in [0.29, 0.717) is 6.42 Å². The summed E-state index contributed by atoms with van der Waals surface area (Å²) in [7, 11) is 2.22. The van der Waals surface area contributed by atoms with Gasteiger partial charge in [0, 0.05) is 4.47 Å². The largest absolute Gasteiger partial charge is 0.328 e. The molecule has 5 nitrogen and oxygen atoms in total. The van der Waals surface area contributed by atoms with Crippen molar-refractivity contribution in [3.8, 4) is 0 Å². The third-order valence-electron chi connectivity index (χ3n) is 3.77. The Balaban J connectivity index is 1.68. The second-order valence-electron chi connectivity index (χ2n) is 5.56. The van der Waals surface area contributed by atoms with Crippen molar-refractivity contribution in [1.29, 1.82) is 0 Å². The van der Waals surface area contributed by atoms with E-state index in [1.54, 1.807) is 11.1 Å². The first-order valence-electron chi connectivity index (χ1n) is 7.36. The smallest absolute Gasteiger partial charge is 0.245 e. The van der Waals surface area contributed by atoms with Crippen molar-refractivity contribution in [3.05, 3.63) is 34.3 Å². The number of piperazine rings is 1. The normalized spacial score (nSPS) is 22.4. The Hall–Kier alpha value is -1.24. The molecule has 0 saturated carbocycles. The summed E-state index contributed by atoms with van der Waals surface area (Å²) in [4.78, 5) is 14.9. The van der Waals surface area contributed by atoms with Gasteiger partial charge in [-0.2, -0.15) is 5.10 Å². The molecule has 0 bridgehead atoms. The molecule has 1 aromatic rings. The number of nitrogens with zero attached hydrogens (tertiary/aromatic N) is 1. The zero-order valence-corrected chi connectivity index (χ0v) is 13.9. The Bertz CT molecular complexity index is 498. The van der Waals surface area contributed by atoms with Crippen LogP contribution in [0.4, 0.5) is 0 Å². The predicted octanol–water partition coefficient (Wildman–Crippen LogP) is -1.30. The third-order valence-corrected chi connectivity index (χ3v) is 4.26. The summed E-state index contributed by atoms with van der Waals surface area (Å²) in [5.41, 5.74) is 3.55. The van der Waals surface area contributed by atoms with Gasteiger partial charge in [0.25, 0.3) is 0 Å². The number of hydrogen-bond donors (Lipinski definition) is 3. The van der Waals surface area contributed by atoms with E-state index in [9.17, 15) is 4.79 Å². The fourth-order valence-corrected chi connectivity index (χ4v) is 2.81. The maximum atomic E-state index is 11.8. The lowest BCUT2D eigenvalue weighted by Crippen LogP contribution is -3.27. The fourth-order valence-electron chi connectivity index (χ4n) is 2.39. The van der Waals surface area contributed by atoms with Crippen molar-refractivity contribution in [3.63, 3.8) is 0 Å². The van der Waals surface area contributed by atoms with E-state index in [1.165, 1.54) is 18.0 Å². The lowest BCUT2D eigenvalue weighted by Gasteiger charge is -2.26. The molecule has 0 radical (unpaired) electrons. The van der Waals surface area contributed by atoms with E-state index in [2.05, 4.69) is 33.5 Å². The number of carbonyl (C=O) groups excluding carboxylic acids is 1. The molecule has 21 heavy (non-hydrogen) atoms. The van der Waals surface area contributed by atoms with Crippen LogP contribution in [0.25, 0.3) is 0 Å². The van der Waals surface area contributed by atoms with Crippen LogP contribution in [-0.2, 0) is 4.79 Å². The minimum atomic E-state index is -0.0139. The van der Waals surface area contributed by atoms with Gasteiger partial charge < -0.3 is 9.80 Å². The average molecular weight is 355 g/mol. The van der Waals surface area contributed by atoms with E-state index < -0.39 is 0 Å². The van der Waals surface area contributed by atoms with Gasteiger partial charge in [0.05, 0.1) is 26.2 Å². The lowest BCUT2D eigenvalue weighted by atomic mass is 10.2. The van der Waals surface area contributed by atoms with Crippen LogP contribution < -0.4 is 15.2 Å². The second kappa shape index (κ2) is 8.26. The molecule has 1 fully saturated rings. The van der Waals surface area contributed by atoms with Crippen molar-refractivity contribution >= 4 is 28.1 Å². The predicted molar refractivity (Wildman–Crippen MR) is 86.7 cm³/mol. The molecule has 114 valence electrons. The quantitative estimate of drug-likeness (QED) is 0.447. The standard InChI is InChI=1S/C15H21BrN4O/c1-19-7-9-20(10-8-19)6-5-15(21)18-17-12-13-3-2-4-14(16)11-13/h2-4,11-12H,5-10H2,1H3,(H,18,21)/p+2/b17-12-. The molecule has 0 spiro atoms. The Morgan fingerprint density at radius 1 is 1.38 bits per heavy atom. The topological polar surface area (TPSA) is 50.3 Å². The van der Waals surface area contributed by atoms with Gasteiger partial charge in [0.1, 0.15) is 26.2 Å². The van der Waals surface area contributed by atoms with E-state index in [0.717, 1.165) is 29.7 Å². The number of likely N-dealkylation sites (N-methyl/N-ethyl adjacent to an activating group) is 1. The molecule has 1 heterocycles. The van der Waals surface area contributed by atoms with Crippen molar-refractivity contribution in [2.24, 2.45) is 5.10 Å². The number of hydrazone groups is 1. The number of rotatable bonds is 5. The number of carbonyl (C=O) groups is 1. The highest BCUT2D eigenvalue weighted by atomic mass is 79.9. The van der Waals surface area contributed by atoms with Gasteiger partial charge in [-0.15, -0.1) is 0 Å².